The van der Waals surface area contributed by atoms with Gasteiger partial charge in [0.25, 0.3) is 0 Å². The number of anilines is 1. The van der Waals surface area contributed by atoms with Crippen LogP contribution >= 0.6 is 11.5 Å². The second-order valence-corrected chi connectivity index (χ2v) is 5.83. The van der Waals surface area contributed by atoms with E-state index in [1.807, 2.05) is 37.2 Å². The molecule has 1 aliphatic rings. The Kier molecular flexibility index (Phi) is 3.94. The zero-order valence-corrected chi connectivity index (χ0v) is 13.1. The zero-order valence-electron chi connectivity index (χ0n) is 12.3. The summed E-state index contributed by atoms with van der Waals surface area (Å²) in [5.41, 5.74) is 1.15. The Labute approximate surface area is 127 Å². The third-order valence-corrected chi connectivity index (χ3v) is 4.22. The number of fused-ring (bicyclic) bond motifs is 1. The highest BCUT2D eigenvalue weighted by Crippen LogP contribution is 2.34. The summed E-state index contributed by atoms with van der Waals surface area (Å²) in [5.74, 6) is 2.43. The van der Waals surface area contributed by atoms with Gasteiger partial charge in [-0.05, 0) is 24.6 Å². The molecule has 0 spiro atoms. The normalized spacial score (nSPS) is 14.2. The molecule has 112 valence electrons. The number of hydrogen-bond donors (Lipinski definition) is 1. The van der Waals surface area contributed by atoms with Gasteiger partial charge in [0.2, 0.25) is 11.9 Å². The van der Waals surface area contributed by atoms with Gasteiger partial charge in [-0.25, -0.2) is 4.98 Å². The largest absolute Gasteiger partial charge is 0.454 e. The second-order valence-electron chi connectivity index (χ2n) is 5.10. The number of ether oxygens (including phenoxy) is 2. The van der Waals surface area contributed by atoms with Gasteiger partial charge >= 0.3 is 0 Å². The van der Waals surface area contributed by atoms with Crippen molar-refractivity contribution in [1.29, 1.82) is 0 Å². The van der Waals surface area contributed by atoms with Gasteiger partial charge in [0, 0.05) is 31.7 Å². The summed E-state index contributed by atoms with van der Waals surface area (Å²) in [6, 6.07) is 6.19. The van der Waals surface area contributed by atoms with E-state index in [1.165, 1.54) is 11.5 Å². The van der Waals surface area contributed by atoms with Crippen LogP contribution in [0, 0.1) is 0 Å². The maximum absolute atomic E-state index is 5.40. The number of nitrogens with one attached hydrogen (secondary N) is 1. The fourth-order valence-electron chi connectivity index (χ4n) is 2.04. The van der Waals surface area contributed by atoms with Crippen LogP contribution in [0.1, 0.15) is 24.4 Å². The lowest BCUT2D eigenvalue weighted by Crippen LogP contribution is -2.19. The summed E-state index contributed by atoms with van der Waals surface area (Å²) in [5, 5.41) is 4.34. The van der Waals surface area contributed by atoms with Gasteiger partial charge in [-0.1, -0.05) is 6.07 Å². The van der Waals surface area contributed by atoms with Crippen LogP contribution in [0.15, 0.2) is 18.2 Å². The number of benzene rings is 1. The number of nitrogens with zero attached hydrogens (tertiary/aromatic N) is 3. The van der Waals surface area contributed by atoms with E-state index in [2.05, 4.69) is 21.6 Å². The Morgan fingerprint density at radius 3 is 2.90 bits per heavy atom. The van der Waals surface area contributed by atoms with E-state index in [0.717, 1.165) is 28.0 Å². The quantitative estimate of drug-likeness (QED) is 0.914. The highest BCUT2D eigenvalue weighted by Gasteiger charge is 2.16. The van der Waals surface area contributed by atoms with Crippen molar-refractivity contribution in [2.45, 2.75) is 19.5 Å². The molecule has 1 unspecified atom stereocenters. The Hall–Kier alpha value is -1.86. The van der Waals surface area contributed by atoms with Crippen molar-refractivity contribution in [3.8, 4) is 11.5 Å². The maximum atomic E-state index is 5.40. The third-order valence-electron chi connectivity index (χ3n) is 3.30. The monoisotopic (exact) mass is 306 g/mol. The van der Waals surface area contributed by atoms with Gasteiger partial charge < -0.3 is 19.7 Å². The highest BCUT2D eigenvalue weighted by molar-refractivity contribution is 7.09. The lowest BCUT2D eigenvalue weighted by Gasteiger charge is -2.13. The van der Waals surface area contributed by atoms with E-state index >= 15 is 0 Å². The molecule has 1 atom stereocenters. The molecule has 1 aliphatic heterocycles. The van der Waals surface area contributed by atoms with E-state index < -0.39 is 0 Å². The number of rotatable bonds is 5. The topological polar surface area (TPSA) is 59.5 Å². The summed E-state index contributed by atoms with van der Waals surface area (Å²) in [7, 11) is 3.93. The predicted molar refractivity (Wildman–Crippen MR) is 82.1 cm³/mol. The van der Waals surface area contributed by atoms with Gasteiger partial charge in [0.05, 0.1) is 6.54 Å². The molecule has 0 aliphatic carbocycles. The van der Waals surface area contributed by atoms with Crippen molar-refractivity contribution in [3.05, 3.63) is 29.6 Å². The van der Waals surface area contributed by atoms with E-state index in [0.29, 0.717) is 13.3 Å². The molecule has 0 radical (unpaired) electrons. The Morgan fingerprint density at radius 1 is 1.33 bits per heavy atom. The van der Waals surface area contributed by atoms with Gasteiger partial charge in [-0.15, -0.1) is 0 Å². The van der Waals surface area contributed by atoms with E-state index in [9.17, 15) is 0 Å². The predicted octanol–water partition coefficient (Wildman–Crippen LogP) is 2.18. The fraction of sp³-hybridized carbons (Fsp3) is 0.429. The zero-order chi connectivity index (χ0) is 14.8. The minimum atomic E-state index is 0.186. The first-order valence-corrected chi connectivity index (χ1v) is 7.53. The molecule has 3 rings (SSSR count). The molecule has 6 nitrogen and oxygen atoms in total. The second kappa shape index (κ2) is 5.87. The van der Waals surface area contributed by atoms with Gasteiger partial charge in [-0.3, -0.25) is 0 Å². The Balaban J connectivity index is 1.62. The minimum Gasteiger partial charge on any atom is -0.454 e. The van der Waals surface area contributed by atoms with Gasteiger partial charge in [0.15, 0.2) is 17.3 Å². The van der Waals surface area contributed by atoms with E-state index in [-0.39, 0.29) is 6.04 Å². The molecule has 2 aromatic rings. The lowest BCUT2D eigenvalue weighted by molar-refractivity contribution is 0.174. The van der Waals surface area contributed by atoms with Crippen molar-refractivity contribution >= 4 is 16.7 Å². The summed E-state index contributed by atoms with van der Waals surface area (Å²) < 4.78 is 15.1. The van der Waals surface area contributed by atoms with Crippen molar-refractivity contribution in [2.75, 3.05) is 25.8 Å². The Morgan fingerprint density at radius 2 is 2.14 bits per heavy atom. The van der Waals surface area contributed by atoms with Gasteiger partial charge in [-0.2, -0.15) is 4.37 Å². The van der Waals surface area contributed by atoms with Crippen LogP contribution in [0.3, 0.4) is 0 Å². The average molecular weight is 306 g/mol. The summed E-state index contributed by atoms with van der Waals surface area (Å²) in [6.07, 6.45) is 0. The summed E-state index contributed by atoms with van der Waals surface area (Å²) in [6.45, 7) is 3.05. The fourth-order valence-corrected chi connectivity index (χ4v) is 2.64. The first kappa shape index (κ1) is 14.1. The lowest BCUT2D eigenvalue weighted by atomic mass is 10.1. The van der Waals surface area contributed by atoms with E-state index in [4.69, 9.17) is 9.47 Å². The van der Waals surface area contributed by atoms with E-state index in [1.54, 1.807) is 0 Å². The Bertz CT molecular complexity index is 629. The van der Waals surface area contributed by atoms with Crippen molar-refractivity contribution in [3.63, 3.8) is 0 Å². The molecular weight excluding hydrogens is 288 g/mol. The molecule has 0 saturated heterocycles. The highest BCUT2D eigenvalue weighted by atomic mass is 32.1. The SMILES string of the molecule is CC(NCc1nsc(N(C)C)n1)c1ccc2c(c1)OCO2. The molecule has 21 heavy (non-hydrogen) atoms. The maximum Gasteiger partial charge on any atom is 0.231 e. The molecule has 1 aromatic heterocycles. The van der Waals surface area contributed by atoms with Crippen molar-refractivity contribution in [1.82, 2.24) is 14.7 Å². The minimum absolute atomic E-state index is 0.186. The third kappa shape index (κ3) is 3.08. The van der Waals surface area contributed by atoms with Crippen LogP contribution in [0.25, 0.3) is 0 Å². The summed E-state index contributed by atoms with van der Waals surface area (Å²) >= 11 is 1.41. The molecule has 0 saturated carbocycles. The smallest absolute Gasteiger partial charge is 0.231 e. The van der Waals surface area contributed by atoms with Crippen LogP contribution in [0.5, 0.6) is 11.5 Å². The molecule has 2 heterocycles. The van der Waals surface area contributed by atoms with Crippen LogP contribution in [0.4, 0.5) is 5.13 Å². The molecule has 0 bridgehead atoms. The average Bonchev–Trinajstić information content (AvgIpc) is 3.12. The van der Waals surface area contributed by atoms with Crippen LogP contribution in [0.2, 0.25) is 0 Å². The van der Waals surface area contributed by atoms with Crippen molar-refractivity contribution < 1.29 is 9.47 Å². The molecule has 7 heteroatoms. The molecule has 1 N–H and O–H groups in total. The standard InChI is InChI=1S/C14H18N4O2S/c1-9(10-4-5-11-12(6-10)20-8-19-11)15-7-13-16-14(18(2)3)21-17-13/h4-6,9,15H,7-8H2,1-3H3. The van der Waals surface area contributed by atoms with Crippen LogP contribution in [-0.2, 0) is 6.54 Å². The molecule has 0 fully saturated rings. The van der Waals surface area contributed by atoms with Crippen LogP contribution < -0.4 is 19.7 Å². The number of hydrogen-bond acceptors (Lipinski definition) is 7. The first-order chi connectivity index (χ1) is 10.1. The molecular formula is C14H18N4O2S. The summed E-state index contributed by atoms with van der Waals surface area (Å²) in [4.78, 5) is 6.42. The first-order valence-electron chi connectivity index (χ1n) is 6.76. The molecule has 0 amide bonds. The van der Waals surface area contributed by atoms with Gasteiger partial charge in [0.1, 0.15) is 0 Å². The van der Waals surface area contributed by atoms with Crippen molar-refractivity contribution in [2.24, 2.45) is 0 Å². The molecule has 1 aromatic carbocycles. The number of aromatic nitrogens is 2. The van der Waals surface area contributed by atoms with Crippen LogP contribution in [-0.4, -0.2) is 30.2 Å².